The summed E-state index contributed by atoms with van der Waals surface area (Å²) in [6, 6.07) is 13.5. The SMILES string of the molecule is CC[C@H](C)C(NN)C(=O)Nc1ccc2nc(Cc3c[nH]c4ccccc34)[nH]c2c1. The van der Waals surface area contributed by atoms with E-state index in [1.165, 1.54) is 10.9 Å². The van der Waals surface area contributed by atoms with E-state index in [9.17, 15) is 4.79 Å². The summed E-state index contributed by atoms with van der Waals surface area (Å²) in [5.74, 6) is 6.45. The summed E-state index contributed by atoms with van der Waals surface area (Å²) >= 11 is 0. The van der Waals surface area contributed by atoms with Crippen molar-refractivity contribution in [3.63, 3.8) is 0 Å². The molecular weight excluding hydrogens is 364 g/mol. The minimum absolute atomic E-state index is 0.138. The summed E-state index contributed by atoms with van der Waals surface area (Å²) in [6.45, 7) is 4.04. The lowest BCUT2D eigenvalue weighted by Crippen LogP contribution is -2.48. The van der Waals surface area contributed by atoms with Crippen molar-refractivity contribution >= 4 is 33.5 Å². The summed E-state index contributed by atoms with van der Waals surface area (Å²) in [5.41, 5.74) is 7.40. The summed E-state index contributed by atoms with van der Waals surface area (Å²) < 4.78 is 0. The Hall–Kier alpha value is -3.16. The van der Waals surface area contributed by atoms with Gasteiger partial charge in [0.05, 0.1) is 11.0 Å². The summed E-state index contributed by atoms with van der Waals surface area (Å²) in [5, 5.41) is 4.15. The number of carbonyl (C=O) groups is 1. The van der Waals surface area contributed by atoms with Crippen LogP contribution < -0.4 is 16.6 Å². The lowest BCUT2D eigenvalue weighted by Gasteiger charge is -2.21. The number of carbonyl (C=O) groups excluding carboxylic acids is 1. The molecule has 7 heteroatoms. The first-order valence-electron chi connectivity index (χ1n) is 9.89. The Morgan fingerprint density at radius 3 is 2.83 bits per heavy atom. The molecule has 0 fully saturated rings. The van der Waals surface area contributed by atoms with E-state index in [1.54, 1.807) is 0 Å². The van der Waals surface area contributed by atoms with Gasteiger partial charge in [0.1, 0.15) is 11.9 Å². The van der Waals surface area contributed by atoms with Gasteiger partial charge in [0.2, 0.25) is 5.91 Å². The molecule has 0 aliphatic heterocycles. The third-order valence-corrected chi connectivity index (χ3v) is 5.51. The number of aromatic nitrogens is 3. The maximum atomic E-state index is 12.5. The molecule has 2 aromatic carbocycles. The predicted octanol–water partition coefficient (Wildman–Crippen LogP) is 3.45. The number of nitrogens with zero attached hydrogens (tertiary/aromatic N) is 1. The number of imidazole rings is 1. The van der Waals surface area contributed by atoms with Gasteiger partial charge in [-0.25, -0.2) is 10.4 Å². The van der Waals surface area contributed by atoms with Crippen LogP contribution in [0.25, 0.3) is 21.9 Å². The smallest absolute Gasteiger partial charge is 0.243 e. The Bertz CT molecular complexity index is 1140. The third-order valence-electron chi connectivity index (χ3n) is 5.51. The summed E-state index contributed by atoms with van der Waals surface area (Å²) in [4.78, 5) is 23.9. The van der Waals surface area contributed by atoms with Crippen LogP contribution in [0.5, 0.6) is 0 Å². The van der Waals surface area contributed by atoms with Crippen molar-refractivity contribution in [2.75, 3.05) is 5.32 Å². The monoisotopic (exact) mass is 390 g/mol. The predicted molar refractivity (Wildman–Crippen MR) is 116 cm³/mol. The molecule has 0 aliphatic carbocycles. The number of amides is 1. The highest BCUT2D eigenvalue weighted by atomic mass is 16.2. The van der Waals surface area contributed by atoms with Crippen LogP contribution in [0.15, 0.2) is 48.7 Å². The van der Waals surface area contributed by atoms with Gasteiger partial charge in [-0.15, -0.1) is 0 Å². The number of hydrogen-bond acceptors (Lipinski definition) is 4. The highest BCUT2D eigenvalue weighted by Gasteiger charge is 2.22. The molecule has 150 valence electrons. The van der Waals surface area contributed by atoms with Crippen LogP contribution in [0.2, 0.25) is 0 Å². The van der Waals surface area contributed by atoms with E-state index in [0.717, 1.165) is 28.8 Å². The first kappa shape index (κ1) is 19.2. The fourth-order valence-corrected chi connectivity index (χ4v) is 3.64. The highest BCUT2D eigenvalue weighted by Crippen LogP contribution is 2.23. The second kappa shape index (κ2) is 8.06. The van der Waals surface area contributed by atoms with Crippen LogP contribution in [0.3, 0.4) is 0 Å². The van der Waals surface area contributed by atoms with Gasteiger partial charge in [0, 0.05) is 29.2 Å². The van der Waals surface area contributed by atoms with Gasteiger partial charge in [-0.3, -0.25) is 10.6 Å². The average Bonchev–Trinajstić information content (AvgIpc) is 3.32. The van der Waals surface area contributed by atoms with Gasteiger partial charge in [0.15, 0.2) is 0 Å². The van der Waals surface area contributed by atoms with Crippen LogP contribution in [0.1, 0.15) is 31.7 Å². The fraction of sp³-hybridized carbons (Fsp3) is 0.273. The standard InChI is InChI=1S/C22H26N6O/c1-3-13(2)21(28-23)22(29)25-15-8-9-18-19(11-15)27-20(26-18)10-14-12-24-17-7-5-4-6-16(14)17/h4-9,11-13,21,24,28H,3,10,23H2,1-2H3,(H,25,29)(H,26,27)/t13-,21?/m0/s1. The molecule has 1 amide bonds. The molecular formula is C22H26N6O. The zero-order valence-corrected chi connectivity index (χ0v) is 16.6. The first-order valence-corrected chi connectivity index (χ1v) is 9.89. The Morgan fingerprint density at radius 2 is 2.03 bits per heavy atom. The van der Waals surface area contributed by atoms with Crippen molar-refractivity contribution in [2.24, 2.45) is 11.8 Å². The second-order valence-corrected chi connectivity index (χ2v) is 7.47. The Kier molecular flexibility index (Phi) is 5.33. The number of hydrazine groups is 1. The lowest BCUT2D eigenvalue weighted by atomic mass is 9.99. The second-order valence-electron chi connectivity index (χ2n) is 7.47. The largest absolute Gasteiger partial charge is 0.361 e. The molecule has 0 saturated carbocycles. The van der Waals surface area contributed by atoms with Gasteiger partial charge in [-0.05, 0) is 35.7 Å². The van der Waals surface area contributed by atoms with E-state index in [1.807, 2.05) is 50.4 Å². The van der Waals surface area contributed by atoms with E-state index in [2.05, 4.69) is 32.8 Å². The van der Waals surface area contributed by atoms with Crippen molar-refractivity contribution in [3.8, 4) is 0 Å². The topological polar surface area (TPSA) is 112 Å². The number of fused-ring (bicyclic) bond motifs is 2. The minimum Gasteiger partial charge on any atom is -0.361 e. The quantitative estimate of drug-likeness (QED) is 0.246. The molecule has 0 radical (unpaired) electrons. The molecule has 0 spiro atoms. The van der Waals surface area contributed by atoms with Crippen LogP contribution in [0, 0.1) is 5.92 Å². The van der Waals surface area contributed by atoms with Gasteiger partial charge >= 0.3 is 0 Å². The summed E-state index contributed by atoms with van der Waals surface area (Å²) in [6.07, 6.45) is 3.59. The number of benzene rings is 2. The molecule has 0 aliphatic rings. The molecule has 4 rings (SSSR count). The number of aromatic amines is 2. The zero-order valence-electron chi connectivity index (χ0n) is 16.6. The third kappa shape index (κ3) is 3.87. The molecule has 7 nitrogen and oxygen atoms in total. The maximum absolute atomic E-state index is 12.5. The molecule has 6 N–H and O–H groups in total. The van der Waals surface area contributed by atoms with Crippen LogP contribution >= 0.6 is 0 Å². The number of hydrogen-bond donors (Lipinski definition) is 5. The van der Waals surface area contributed by atoms with Crippen LogP contribution in [0.4, 0.5) is 5.69 Å². The number of anilines is 1. The van der Waals surface area contributed by atoms with Crippen molar-refractivity contribution in [1.82, 2.24) is 20.4 Å². The molecule has 2 atom stereocenters. The molecule has 0 saturated heterocycles. The zero-order chi connectivity index (χ0) is 20.4. The van der Waals surface area contributed by atoms with E-state index in [0.29, 0.717) is 12.1 Å². The molecule has 4 aromatic rings. The lowest BCUT2D eigenvalue weighted by molar-refractivity contribution is -0.119. The van der Waals surface area contributed by atoms with Crippen molar-refractivity contribution < 1.29 is 4.79 Å². The van der Waals surface area contributed by atoms with Crippen LogP contribution in [-0.4, -0.2) is 26.9 Å². The number of nitrogens with two attached hydrogens (primary N) is 1. The molecule has 2 aromatic heterocycles. The van der Waals surface area contributed by atoms with E-state index in [-0.39, 0.29) is 11.8 Å². The van der Waals surface area contributed by atoms with Crippen LogP contribution in [-0.2, 0) is 11.2 Å². The van der Waals surface area contributed by atoms with E-state index >= 15 is 0 Å². The minimum atomic E-state index is -0.435. The number of H-pyrrole nitrogens is 2. The number of nitrogens with one attached hydrogen (secondary N) is 4. The van der Waals surface area contributed by atoms with E-state index in [4.69, 9.17) is 10.8 Å². The van der Waals surface area contributed by atoms with Gasteiger partial charge < -0.3 is 15.3 Å². The van der Waals surface area contributed by atoms with Crippen molar-refractivity contribution in [1.29, 1.82) is 0 Å². The number of para-hydroxylation sites is 1. The molecule has 29 heavy (non-hydrogen) atoms. The number of rotatable bonds is 7. The normalized spacial score (nSPS) is 13.6. The van der Waals surface area contributed by atoms with Gasteiger partial charge in [-0.1, -0.05) is 38.5 Å². The maximum Gasteiger partial charge on any atom is 0.243 e. The van der Waals surface area contributed by atoms with E-state index < -0.39 is 6.04 Å². The average molecular weight is 390 g/mol. The molecule has 1 unspecified atom stereocenters. The highest BCUT2D eigenvalue weighted by molar-refractivity contribution is 5.96. The Balaban J connectivity index is 1.54. The van der Waals surface area contributed by atoms with Gasteiger partial charge in [0.25, 0.3) is 0 Å². The Morgan fingerprint density at radius 1 is 1.21 bits per heavy atom. The fourth-order valence-electron chi connectivity index (χ4n) is 3.64. The van der Waals surface area contributed by atoms with Gasteiger partial charge in [-0.2, -0.15) is 0 Å². The van der Waals surface area contributed by atoms with Crippen molar-refractivity contribution in [2.45, 2.75) is 32.7 Å². The molecule has 2 heterocycles. The first-order chi connectivity index (χ1) is 14.1. The Labute approximate surface area is 169 Å². The molecule has 0 bridgehead atoms. The van der Waals surface area contributed by atoms with Crippen molar-refractivity contribution in [3.05, 3.63) is 60.0 Å². The summed E-state index contributed by atoms with van der Waals surface area (Å²) in [7, 11) is 0.